The third-order valence-electron chi connectivity index (χ3n) is 3.43. The molecular weight excluding hydrogens is 276 g/mol. The Morgan fingerprint density at radius 3 is 2.84 bits per heavy atom. The molecule has 2 aromatic rings. The number of Topliss-reactive ketones (excluding diaryl/α,β-unsaturated/α-hetero) is 1. The lowest BCUT2D eigenvalue weighted by Crippen LogP contribution is -2.30. The number of benzene rings is 1. The minimum absolute atomic E-state index is 0.0274. The molecule has 0 radical (unpaired) electrons. The van der Waals surface area contributed by atoms with Crippen LogP contribution in [0, 0.1) is 6.92 Å². The zero-order valence-corrected chi connectivity index (χ0v) is 12.6. The lowest BCUT2D eigenvalue weighted by atomic mass is 10.1. The average Bonchev–Trinajstić information content (AvgIpc) is 2.84. The van der Waals surface area contributed by atoms with E-state index >= 15 is 0 Å². The Morgan fingerprint density at radius 1 is 1.32 bits per heavy atom. The number of para-hydroxylation sites is 1. The molecule has 2 heterocycles. The molecule has 1 aromatic carbocycles. The first-order valence-electron chi connectivity index (χ1n) is 6.43. The van der Waals surface area contributed by atoms with Crippen LogP contribution >= 0.6 is 23.5 Å². The van der Waals surface area contributed by atoms with E-state index in [0.717, 1.165) is 28.0 Å². The Bertz CT molecular complexity index is 618. The molecule has 2 unspecified atom stereocenters. The second-order valence-electron chi connectivity index (χ2n) is 4.84. The fourth-order valence-electron chi connectivity index (χ4n) is 2.39. The quantitative estimate of drug-likeness (QED) is 0.777. The van der Waals surface area contributed by atoms with Crippen molar-refractivity contribution in [3.63, 3.8) is 0 Å². The van der Waals surface area contributed by atoms with Crippen molar-refractivity contribution < 1.29 is 9.21 Å². The highest BCUT2D eigenvalue weighted by Crippen LogP contribution is 2.34. The van der Waals surface area contributed by atoms with Crippen molar-refractivity contribution in [2.75, 3.05) is 11.5 Å². The maximum Gasteiger partial charge on any atom is 0.212 e. The van der Waals surface area contributed by atoms with Crippen LogP contribution in [0.1, 0.15) is 23.0 Å². The van der Waals surface area contributed by atoms with Gasteiger partial charge in [-0.05, 0) is 18.6 Å². The van der Waals surface area contributed by atoms with E-state index < -0.39 is 0 Å². The number of rotatable bonds is 2. The van der Waals surface area contributed by atoms with Crippen LogP contribution in [0.15, 0.2) is 28.7 Å². The van der Waals surface area contributed by atoms with Gasteiger partial charge in [-0.3, -0.25) is 4.79 Å². The Hall–Kier alpha value is -0.870. The summed E-state index contributed by atoms with van der Waals surface area (Å²) in [5.41, 5.74) is 1.92. The highest BCUT2D eigenvalue weighted by atomic mass is 32.2. The highest BCUT2D eigenvalue weighted by Gasteiger charge is 2.31. The predicted octanol–water partition coefficient (Wildman–Crippen LogP) is 4.16. The number of hydrogen-bond acceptors (Lipinski definition) is 4. The average molecular weight is 292 g/mol. The topological polar surface area (TPSA) is 30.2 Å². The normalized spacial score (nSPS) is 23.7. The molecule has 0 bridgehead atoms. The van der Waals surface area contributed by atoms with Gasteiger partial charge in [-0.15, -0.1) is 11.8 Å². The number of hydrogen-bond donors (Lipinski definition) is 0. The Balaban J connectivity index is 1.95. The van der Waals surface area contributed by atoms with Crippen molar-refractivity contribution in [1.82, 2.24) is 0 Å². The van der Waals surface area contributed by atoms with Gasteiger partial charge < -0.3 is 4.42 Å². The van der Waals surface area contributed by atoms with Crippen molar-refractivity contribution in [3.8, 4) is 0 Å². The maximum absolute atomic E-state index is 12.6. The van der Waals surface area contributed by atoms with Gasteiger partial charge in [0, 0.05) is 22.1 Å². The molecule has 100 valence electrons. The van der Waals surface area contributed by atoms with E-state index in [1.807, 2.05) is 43.0 Å². The number of carbonyl (C=O) groups excluding carboxylic acids is 1. The van der Waals surface area contributed by atoms with E-state index in [-0.39, 0.29) is 11.0 Å². The zero-order valence-electron chi connectivity index (χ0n) is 11.0. The molecule has 1 fully saturated rings. The number of thioether (sulfide) groups is 2. The van der Waals surface area contributed by atoms with Gasteiger partial charge in [0.1, 0.15) is 5.58 Å². The molecule has 1 aromatic heterocycles. The molecule has 3 rings (SSSR count). The fourth-order valence-corrected chi connectivity index (χ4v) is 5.10. The van der Waals surface area contributed by atoms with Crippen LogP contribution in [0.4, 0.5) is 0 Å². The lowest BCUT2D eigenvalue weighted by Gasteiger charge is -2.25. The predicted molar refractivity (Wildman–Crippen MR) is 83.4 cm³/mol. The number of aryl methyl sites for hydroxylation is 1. The number of carbonyl (C=O) groups is 1. The molecule has 0 N–H and O–H groups in total. The molecule has 0 spiro atoms. The van der Waals surface area contributed by atoms with Gasteiger partial charge in [0.15, 0.2) is 5.76 Å². The lowest BCUT2D eigenvalue weighted by molar-refractivity contribution is 0.0965. The summed E-state index contributed by atoms with van der Waals surface area (Å²) in [5, 5.41) is 1.41. The molecule has 1 saturated heterocycles. The number of furan rings is 1. The first-order chi connectivity index (χ1) is 9.16. The van der Waals surface area contributed by atoms with Crippen LogP contribution in [0.25, 0.3) is 11.0 Å². The molecule has 0 amide bonds. The monoisotopic (exact) mass is 292 g/mol. The standard InChI is InChI=1S/C15H16O2S2/c1-9-4-3-5-11-8-12(17-14(9)11)13(16)15-10(2)18-6-7-19-15/h3-5,8,10,15H,6-7H2,1-2H3. The second-order valence-corrected chi connectivity index (χ2v) is 7.57. The Kier molecular flexibility index (Phi) is 3.63. The van der Waals surface area contributed by atoms with E-state index in [1.54, 1.807) is 11.8 Å². The summed E-state index contributed by atoms with van der Waals surface area (Å²) in [4.78, 5) is 12.6. The summed E-state index contributed by atoms with van der Waals surface area (Å²) < 4.78 is 5.79. The van der Waals surface area contributed by atoms with E-state index in [2.05, 4.69) is 6.92 Å². The molecule has 19 heavy (non-hydrogen) atoms. The molecule has 0 aliphatic carbocycles. The van der Waals surface area contributed by atoms with Crippen LogP contribution in [0.3, 0.4) is 0 Å². The van der Waals surface area contributed by atoms with E-state index in [9.17, 15) is 4.79 Å². The van der Waals surface area contributed by atoms with Gasteiger partial charge in [0.2, 0.25) is 5.78 Å². The van der Waals surface area contributed by atoms with E-state index in [1.165, 1.54) is 0 Å². The van der Waals surface area contributed by atoms with Gasteiger partial charge in [0.05, 0.1) is 5.25 Å². The third kappa shape index (κ3) is 2.43. The first kappa shape index (κ1) is 13.1. The summed E-state index contributed by atoms with van der Waals surface area (Å²) in [5.74, 6) is 2.83. The van der Waals surface area contributed by atoms with Crippen molar-refractivity contribution in [3.05, 3.63) is 35.6 Å². The fraction of sp³-hybridized carbons (Fsp3) is 0.400. The van der Waals surface area contributed by atoms with Gasteiger partial charge in [-0.25, -0.2) is 0 Å². The summed E-state index contributed by atoms with van der Waals surface area (Å²) in [6, 6.07) is 7.88. The largest absolute Gasteiger partial charge is 0.453 e. The van der Waals surface area contributed by atoms with Crippen molar-refractivity contribution >= 4 is 40.3 Å². The van der Waals surface area contributed by atoms with Gasteiger partial charge in [-0.2, -0.15) is 11.8 Å². The van der Waals surface area contributed by atoms with E-state index in [4.69, 9.17) is 4.42 Å². The molecular formula is C15H16O2S2. The Labute approximate surface area is 121 Å². The van der Waals surface area contributed by atoms with Crippen molar-refractivity contribution in [2.24, 2.45) is 0 Å². The summed E-state index contributed by atoms with van der Waals surface area (Å²) in [6.07, 6.45) is 0. The minimum atomic E-state index is 0.0274. The number of ketones is 1. The number of fused-ring (bicyclic) bond motifs is 1. The molecule has 4 heteroatoms. The zero-order chi connectivity index (χ0) is 13.4. The van der Waals surface area contributed by atoms with Gasteiger partial charge >= 0.3 is 0 Å². The summed E-state index contributed by atoms with van der Waals surface area (Å²) >= 11 is 3.63. The van der Waals surface area contributed by atoms with Crippen LogP contribution in [-0.4, -0.2) is 27.8 Å². The smallest absolute Gasteiger partial charge is 0.212 e. The molecule has 1 aliphatic heterocycles. The Morgan fingerprint density at radius 2 is 2.11 bits per heavy atom. The molecule has 2 nitrogen and oxygen atoms in total. The molecule has 2 atom stereocenters. The van der Waals surface area contributed by atoms with E-state index in [0.29, 0.717) is 11.0 Å². The van der Waals surface area contributed by atoms with Crippen LogP contribution < -0.4 is 0 Å². The third-order valence-corrected chi connectivity index (χ3v) is 6.52. The first-order valence-corrected chi connectivity index (χ1v) is 8.53. The van der Waals surface area contributed by atoms with Crippen LogP contribution in [0.2, 0.25) is 0 Å². The van der Waals surface area contributed by atoms with Crippen LogP contribution in [-0.2, 0) is 0 Å². The van der Waals surface area contributed by atoms with Crippen molar-refractivity contribution in [1.29, 1.82) is 0 Å². The maximum atomic E-state index is 12.6. The SMILES string of the molecule is Cc1cccc2cc(C(=O)C3SCCSC3C)oc12. The van der Waals surface area contributed by atoms with Crippen molar-refractivity contribution in [2.45, 2.75) is 24.3 Å². The van der Waals surface area contributed by atoms with Gasteiger partial charge in [-0.1, -0.05) is 25.1 Å². The molecule has 1 aliphatic rings. The second kappa shape index (κ2) is 5.25. The van der Waals surface area contributed by atoms with Crippen LogP contribution in [0.5, 0.6) is 0 Å². The van der Waals surface area contributed by atoms with Gasteiger partial charge in [0.25, 0.3) is 0 Å². The summed E-state index contributed by atoms with van der Waals surface area (Å²) in [6.45, 7) is 4.14. The minimum Gasteiger partial charge on any atom is -0.453 e. The summed E-state index contributed by atoms with van der Waals surface area (Å²) in [7, 11) is 0. The molecule has 0 saturated carbocycles. The highest BCUT2D eigenvalue weighted by molar-refractivity contribution is 8.07.